The third kappa shape index (κ3) is 45.9. The monoisotopic (exact) mass is 666 g/mol. The molecule has 0 saturated carbocycles. The van der Waals surface area contributed by atoms with Gasteiger partial charge in [-0.25, -0.2) is 0 Å². The maximum Gasteiger partial charge on any atom is 0.0431 e. The van der Waals surface area contributed by atoms with E-state index in [4.69, 9.17) is 10.2 Å². The van der Waals surface area contributed by atoms with Crippen LogP contribution in [0.15, 0.2) is 0 Å². The summed E-state index contributed by atoms with van der Waals surface area (Å²) in [5.74, 6) is 0. The fourth-order valence-electron chi connectivity index (χ4n) is 7.21. The van der Waals surface area contributed by atoms with Crippen molar-refractivity contribution in [3.05, 3.63) is 0 Å². The zero-order valence-electron chi connectivity index (χ0n) is 32.5. The van der Waals surface area contributed by atoms with Gasteiger partial charge >= 0.3 is 0 Å². The zero-order valence-corrected chi connectivity index (χ0v) is 32.5. The van der Waals surface area contributed by atoms with E-state index >= 15 is 0 Å². The first-order valence-corrected chi connectivity index (χ1v) is 22.3. The highest BCUT2D eigenvalue weighted by molar-refractivity contribution is 4.55. The van der Waals surface area contributed by atoms with Gasteiger partial charge in [-0.1, -0.05) is 231 Å². The first-order chi connectivity index (χ1) is 23.4. The van der Waals surface area contributed by atoms with Crippen LogP contribution in [0.3, 0.4) is 0 Å². The number of aliphatic hydroxyl groups excluding tert-OH is 2. The molecule has 0 amide bonds. The number of hydrogen-bond acceptors (Lipinski definition) is 3. The molecule has 0 atom stereocenters. The molecule has 284 valence electrons. The highest BCUT2D eigenvalue weighted by Gasteiger charge is 1.98. The summed E-state index contributed by atoms with van der Waals surface area (Å²) in [6.07, 6.45) is 56.0. The van der Waals surface area contributed by atoms with Crippen molar-refractivity contribution < 1.29 is 10.2 Å². The molecule has 0 aliphatic rings. The molecule has 3 N–H and O–H groups in total. The van der Waals surface area contributed by atoms with Crippen LogP contribution in [-0.2, 0) is 0 Å². The van der Waals surface area contributed by atoms with Crippen LogP contribution in [0, 0.1) is 0 Å². The Morgan fingerprint density at radius 1 is 0.170 bits per heavy atom. The van der Waals surface area contributed by atoms with Crippen molar-refractivity contribution in [2.75, 3.05) is 26.3 Å². The molecule has 0 aromatic rings. The quantitative estimate of drug-likeness (QED) is 0.0568. The van der Waals surface area contributed by atoms with Gasteiger partial charge in [0.2, 0.25) is 0 Å². The minimum atomic E-state index is 0.371. The second kappa shape index (κ2) is 45.9. The lowest BCUT2D eigenvalue weighted by Crippen LogP contribution is -2.16. The molecular formula is C44H91NO2. The van der Waals surface area contributed by atoms with E-state index in [0.29, 0.717) is 13.2 Å². The minimum Gasteiger partial charge on any atom is -0.396 e. The van der Waals surface area contributed by atoms with Gasteiger partial charge in [-0.15, -0.1) is 0 Å². The van der Waals surface area contributed by atoms with Crippen molar-refractivity contribution in [1.82, 2.24) is 5.32 Å². The molecule has 0 heterocycles. The zero-order chi connectivity index (χ0) is 33.8. The smallest absolute Gasteiger partial charge is 0.0431 e. The Balaban J connectivity index is 3.03. The largest absolute Gasteiger partial charge is 0.396 e. The average molecular weight is 666 g/mol. The summed E-state index contributed by atoms with van der Waals surface area (Å²) in [6.45, 7) is 3.21. The molecule has 0 aliphatic heterocycles. The van der Waals surface area contributed by atoms with Crippen LogP contribution >= 0.6 is 0 Å². The number of aliphatic hydroxyl groups is 2. The van der Waals surface area contributed by atoms with E-state index in [1.165, 1.54) is 257 Å². The summed E-state index contributed by atoms with van der Waals surface area (Å²) in [7, 11) is 0. The maximum atomic E-state index is 8.80. The van der Waals surface area contributed by atoms with Crippen molar-refractivity contribution in [1.29, 1.82) is 0 Å². The summed E-state index contributed by atoms with van der Waals surface area (Å²) in [4.78, 5) is 0. The first kappa shape index (κ1) is 46.9. The van der Waals surface area contributed by atoms with Gasteiger partial charge in [0.25, 0.3) is 0 Å². The van der Waals surface area contributed by atoms with E-state index in [9.17, 15) is 0 Å². The third-order valence-corrected chi connectivity index (χ3v) is 10.5. The summed E-state index contributed by atoms with van der Waals surface area (Å²) < 4.78 is 0. The van der Waals surface area contributed by atoms with E-state index in [-0.39, 0.29) is 0 Å². The second-order valence-electron chi connectivity index (χ2n) is 15.3. The minimum absolute atomic E-state index is 0.371. The lowest BCUT2D eigenvalue weighted by Gasteiger charge is -2.06. The maximum absolute atomic E-state index is 8.80. The fraction of sp³-hybridized carbons (Fsp3) is 1.00. The number of hydrogen-bond donors (Lipinski definition) is 3. The SMILES string of the molecule is OCCCCCCCCCCCCCCCCCCCCCCCCNCCCCCCCCCCCCCCCCCCCCO. The number of unbranched alkanes of at least 4 members (excludes halogenated alkanes) is 38. The van der Waals surface area contributed by atoms with Gasteiger partial charge in [0, 0.05) is 13.2 Å². The first-order valence-electron chi connectivity index (χ1n) is 22.3. The van der Waals surface area contributed by atoms with Crippen LogP contribution in [0.2, 0.25) is 0 Å². The Bertz CT molecular complexity index is 469. The van der Waals surface area contributed by atoms with Gasteiger partial charge in [-0.2, -0.15) is 0 Å². The second-order valence-corrected chi connectivity index (χ2v) is 15.3. The summed E-state index contributed by atoms with van der Waals surface area (Å²) in [6, 6.07) is 0. The molecule has 0 aromatic heterocycles. The topological polar surface area (TPSA) is 52.5 Å². The standard InChI is InChI=1S/C44H91NO2/c46-43-39-35-31-27-23-19-15-11-7-4-2-1-3-5-9-13-17-21-25-29-33-37-41-45-42-38-34-30-26-22-18-14-10-6-8-12-16-20-24-28-32-36-40-44-47/h45-47H,1-44H2. The molecule has 0 radical (unpaired) electrons. The molecule has 3 nitrogen and oxygen atoms in total. The van der Waals surface area contributed by atoms with Crippen LogP contribution < -0.4 is 5.32 Å². The van der Waals surface area contributed by atoms with Gasteiger partial charge in [0.05, 0.1) is 0 Å². The van der Waals surface area contributed by atoms with Crippen LogP contribution in [-0.4, -0.2) is 36.5 Å². The van der Waals surface area contributed by atoms with Crippen LogP contribution in [0.1, 0.15) is 257 Å². The van der Waals surface area contributed by atoms with Gasteiger partial charge in [0.15, 0.2) is 0 Å². The van der Waals surface area contributed by atoms with Gasteiger partial charge < -0.3 is 15.5 Å². The molecule has 0 fully saturated rings. The highest BCUT2D eigenvalue weighted by Crippen LogP contribution is 2.16. The van der Waals surface area contributed by atoms with Gasteiger partial charge in [0.1, 0.15) is 0 Å². The lowest BCUT2D eigenvalue weighted by molar-refractivity contribution is 0.282. The lowest BCUT2D eigenvalue weighted by atomic mass is 10.0. The van der Waals surface area contributed by atoms with E-state index in [2.05, 4.69) is 5.32 Å². The molecule has 0 bridgehead atoms. The summed E-state index contributed by atoms with van der Waals surface area (Å²) >= 11 is 0. The van der Waals surface area contributed by atoms with E-state index in [0.717, 1.165) is 12.8 Å². The predicted molar refractivity (Wildman–Crippen MR) is 212 cm³/mol. The Morgan fingerprint density at radius 3 is 0.447 bits per heavy atom. The van der Waals surface area contributed by atoms with Crippen molar-refractivity contribution in [2.45, 2.75) is 257 Å². The number of rotatable bonds is 44. The summed E-state index contributed by atoms with van der Waals surface area (Å²) in [5.41, 5.74) is 0. The van der Waals surface area contributed by atoms with Gasteiger partial charge in [-0.3, -0.25) is 0 Å². The molecule has 0 aromatic carbocycles. The van der Waals surface area contributed by atoms with E-state index in [1.807, 2.05) is 0 Å². The summed E-state index contributed by atoms with van der Waals surface area (Å²) in [5, 5.41) is 21.3. The molecule has 0 spiro atoms. The van der Waals surface area contributed by atoms with Crippen molar-refractivity contribution in [3.63, 3.8) is 0 Å². The Hall–Kier alpha value is -0.120. The van der Waals surface area contributed by atoms with Crippen molar-refractivity contribution >= 4 is 0 Å². The Kier molecular flexibility index (Phi) is 45.8. The van der Waals surface area contributed by atoms with E-state index < -0.39 is 0 Å². The molecule has 0 saturated heterocycles. The predicted octanol–water partition coefficient (Wildman–Crippen LogP) is 14.2. The highest BCUT2D eigenvalue weighted by atomic mass is 16.3. The van der Waals surface area contributed by atoms with Crippen molar-refractivity contribution in [2.24, 2.45) is 0 Å². The molecule has 0 unspecified atom stereocenters. The molecule has 3 heteroatoms. The van der Waals surface area contributed by atoms with Crippen LogP contribution in [0.25, 0.3) is 0 Å². The normalized spacial score (nSPS) is 11.6. The Labute approximate surface area is 298 Å². The molecule has 47 heavy (non-hydrogen) atoms. The third-order valence-electron chi connectivity index (χ3n) is 10.5. The van der Waals surface area contributed by atoms with E-state index in [1.54, 1.807) is 0 Å². The van der Waals surface area contributed by atoms with Crippen LogP contribution in [0.5, 0.6) is 0 Å². The number of nitrogens with one attached hydrogen (secondary N) is 1. The van der Waals surface area contributed by atoms with Crippen LogP contribution in [0.4, 0.5) is 0 Å². The molecule has 0 rings (SSSR count). The van der Waals surface area contributed by atoms with Crippen molar-refractivity contribution in [3.8, 4) is 0 Å². The fourth-order valence-corrected chi connectivity index (χ4v) is 7.21. The molecular weight excluding hydrogens is 574 g/mol. The van der Waals surface area contributed by atoms with Gasteiger partial charge in [-0.05, 0) is 38.8 Å². The Morgan fingerprint density at radius 2 is 0.298 bits per heavy atom. The molecule has 0 aliphatic carbocycles. The average Bonchev–Trinajstić information content (AvgIpc) is 3.08.